The van der Waals surface area contributed by atoms with E-state index in [1.165, 1.54) is 7.11 Å². The largest absolute Gasteiger partial charge is 0.469 e. The van der Waals surface area contributed by atoms with Crippen molar-refractivity contribution in [2.45, 2.75) is 0 Å². The van der Waals surface area contributed by atoms with Gasteiger partial charge in [-0.1, -0.05) is 36.4 Å². The summed E-state index contributed by atoms with van der Waals surface area (Å²) in [4.78, 5) is 13.9. The molecular formula is C14H17NO2. The minimum atomic E-state index is -0.179. The number of rotatable bonds is 2. The van der Waals surface area contributed by atoms with Crippen LogP contribution in [0.5, 0.6) is 0 Å². The lowest BCUT2D eigenvalue weighted by Crippen LogP contribution is -2.35. The average molecular weight is 231 g/mol. The van der Waals surface area contributed by atoms with E-state index in [0.717, 1.165) is 17.7 Å². The zero-order valence-corrected chi connectivity index (χ0v) is 10.2. The fourth-order valence-corrected chi connectivity index (χ4v) is 2.17. The third-order valence-electron chi connectivity index (χ3n) is 3.09. The van der Waals surface area contributed by atoms with Gasteiger partial charge in [0.1, 0.15) is 0 Å². The molecule has 3 heteroatoms. The summed E-state index contributed by atoms with van der Waals surface area (Å²) >= 11 is 0. The van der Waals surface area contributed by atoms with Crippen molar-refractivity contribution in [1.29, 1.82) is 0 Å². The van der Waals surface area contributed by atoms with Gasteiger partial charge in [0.25, 0.3) is 0 Å². The minimum Gasteiger partial charge on any atom is -0.469 e. The zero-order chi connectivity index (χ0) is 12.3. The van der Waals surface area contributed by atoms with Gasteiger partial charge in [-0.15, -0.1) is 0 Å². The van der Waals surface area contributed by atoms with Crippen molar-refractivity contribution in [1.82, 2.24) is 4.90 Å². The summed E-state index contributed by atoms with van der Waals surface area (Å²) in [6.45, 7) is 1.59. The van der Waals surface area contributed by atoms with Gasteiger partial charge in [0.2, 0.25) is 0 Å². The molecule has 17 heavy (non-hydrogen) atoms. The number of benzene rings is 1. The molecule has 0 saturated heterocycles. The van der Waals surface area contributed by atoms with E-state index in [1.54, 1.807) is 0 Å². The lowest BCUT2D eigenvalue weighted by Gasteiger charge is -2.28. The Kier molecular flexibility index (Phi) is 3.59. The topological polar surface area (TPSA) is 29.5 Å². The maximum absolute atomic E-state index is 11.8. The van der Waals surface area contributed by atoms with E-state index >= 15 is 0 Å². The predicted octanol–water partition coefficient (Wildman–Crippen LogP) is 1.80. The highest BCUT2D eigenvalue weighted by atomic mass is 16.5. The molecule has 0 aliphatic carbocycles. The zero-order valence-electron chi connectivity index (χ0n) is 10.2. The molecule has 0 N–H and O–H groups in total. The molecule has 0 radical (unpaired) electrons. The average Bonchev–Trinajstić information content (AvgIpc) is 2.38. The Hall–Kier alpha value is -1.61. The van der Waals surface area contributed by atoms with Crippen LogP contribution in [0.2, 0.25) is 0 Å². The molecule has 0 amide bonds. The van der Waals surface area contributed by atoms with Crippen LogP contribution in [0.4, 0.5) is 0 Å². The molecule has 3 nitrogen and oxygen atoms in total. The number of hydrogen-bond acceptors (Lipinski definition) is 3. The summed E-state index contributed by atoms with van der Waals surface area (Å²) in [6, 6.07) is 10.0. The van der Waals surface area contributed by atoms with Gasteiger partial charge in [0.05, 0.1) is 13.0 Å². The Morgan fingerprint density at radius 2 is 2.06 bits per heavy atom. The molecule has 0 spiro atoms. The second-order valence-electron chi connectivity index (χ2n) is 4.32. The van der Waals surface area contributed by atoms with Gasteiger partial charge in [-0.3, -0.25) is 4.79 Å². The fraction of sp³-hybridized carbons (Fsp3) is 0.357. The van der Waals surface area contributed by atoms with Crippen molar-refractivity contribution in [3.63, 3.8) is 0 Å². The number of hydrogen-bond donors (Lipinski definition) is 0. The first-order valence-corrected chi connectivity index (χ1v) is 5.74. The Labute approximate surface area is 102 Å². The lowest BCUT2D eigenvalue weighted by molar-refractivity contribution is -0.143. The number of likely N-dealkylation sites (N-methyl/N-ethyl adjacent to an activating group) is 1. The van der Waals surface area contributed by atoms with Crippen molar-refractivity contribution >= 4 is 11.5 Å². The Morgan fingerprint density at radius 3 is 2.71 bits per heavy atom. The summed E-state index contributed by atoms with van der Waals surface area (Å²) in [6.07, 6.45) is 2.11. The van der Waals surface area contributed by atoms with E-state index < -0.39 is 0 Å². The molecule has 1 aliphatic rings. The molecule has 1 atom stereocenters. The van der Waals surface area contributed by atoms with Gasteiger partial charge in [0.15, 0.2) is 0 Å². The number of esters is 1. The Bertz CT molecular complexity index is 425. The third-order valence-corrected chi connectivity index (χ3v) is 3.09. The van der Waals surface area contributed by atoms with Crippen LogP contribution in [0.3, 0.4) is 0 Å². The Morgan fingerprint density at radius 1 is 1.35 bits per heavy atom. The molecule has 1 heterocycles. The van der Waals surface area contributed by atoms with Crippen molar-refractivity contribution in [2.24, 2.45) is 5.92 Å². The number of nitrogens with zero attached hydrogens (tertiary/aromatic N) is 1. The maximum atomic E-state index is 11.8. The van der Waals surface area contributed by atoms with Crippen LogP contribution in [0.15, 0.2) is 36.4 Å². The van der Waals surface area contributed by atoms with Gasteiger partial charge in [-0.25, -0.2) is 0 Å². The summed E-state index contributed by atoms with van der Waals surface area (Å²) in [5, 5.41) is 0. The predicted molar refractivity (Wildman–Crippen MR) is 67.4 cm³/mol. The van der Waals surface area contributed by atoms with Crippen LogP contribution in [-0.4, -0.2) is 38.1 Å². The van der Waals surface area contributed by atoms with E-state index in [9.17, 15) is 4.79 Å². The van der Waals surface area contributed by atoms with Crippen molar-refractivity contribution in [2.75, 3.05) is 27.2 Å². The van der Waals surface area contributed by atoms with E-state index in [0.29, 0.717) is 6.54 Å². The number of methoxy groups -OCH3 is 1. The normalized spacial score (nSPS) is 20.8. The van der Waals surface area contributed by atoms with Crippen molar-refractivity contribution in [3.05, 3.63) is 42.0 Å². The number of ether oxygens (including phenoxy) is 1. The van der Waals surface area contributed by atoms with Crippen molar-refractivity contribution < 1.29 is 9.53 Å². The van der Waals surface area contributed by atoms with Gasteiger partial charge in [0, 0.05) is 13.1 Å². The van der Waals surface area contributed by atoms with Gasteiger partial charge >= 0.3 is 5.97 Å². The van der Waals surface area contributed by atoms with Crippen LogP contribution in [0, 0.1) is 5.92 Å². The summed E-state index contributed by atoms with van der Waals surface area (Å²) < 4.78 is 4.88. The molecule has 0 saturated carbocycles. The maximum Gasteiger partial charge on any atom is 0.314 e. The van der Waals surface area contributed by atoms with Crippen LogP contribution >= 0.6 is 0 Å². The highest BCUT2D eigenvalue weighted by molar-refractivity contribution is 5.89. The first kappa shape index (κ1) is 11.9. The first-order chi connectivity index (χ1) is 8.22. The molecule has 90 valence electrons. The minimum absolute atomic E-state index is 0.161. The van der Waals surface area contributed by atoms with Crippen LogP contribution in [0.25, 0.3) is 5.57 Å². The lowest BCUT2D eigenvalue weighted by atomic mass is 9.89. The Balaban J connectivity index is 2.33. The molecule has 1 aromatic rings. The second-order valence-corrected chi connectivity index (χ2v) is 4.32. The molecule has 1 aromatic carbocycles. The quantitative estimate of drug-likeness (QED) is 0.727. The molecule has 0 unspecified atom stereocenters. The van der Waals surface area contributed by atoms with Gasteiger partial charge < -0.3 is 9.64 Å². The van der Waals surface area contributed by atoms with Crippen LogP contribution < -0.4 is 0 Å². The number of carbonyl (C=O) groups excluding carboxylic acids is 1. The first-order valence-electron chi connectivity index (χ1n) is 5.74. The standard InChI is InChI=1S/C14H17NO2/c1-15-9-8-12(11-6-4-3-5-7-11)13(10-15)14(16)17-2/h3-8,13H,9-10H2,1-2H3/t13-/m1/s1. The van der Waals surface area contributed by atoms with E-state index in [1.807, 2.05) is 37.4 Å². The SMILES string of the molecule is COC(=O)[C@@H]1CN(C)CC=C1c1ccccc1. The summed E-state index contributed by atoms with van der Waals surface area (Å²) in [5.41, 5.74) is 2.19. The number of carbonyl (C=O) groups is 1. The molecule has 0 aromatic heterocycles. The third kappa shape index (κ3) is 2.56. The molecule has 1 aliphatic heterocycles. The summed E-state index contributed by atoms with van der Waals surface area (Å²) in [7, 11) is 3.45. The highest BCUT2D eigenvalue weighted by Gasteiger charge is 2.28. The van der Waals surface area contributed by atoms with Crippen LogP contribution in [0.1, 0.15) is 5.56 Å². The van der Waals surface area contributed by atoms with E-state index in [-0.39, 0.29) is 11.9 Å². The second kappa shape index (κ2) is 5.15. The smallest absolute Gasteiger partial charge is 0.314 e. The molecule has 0 fully saturated rings. The van der Waals surface area contributed by atoms with Gasteiger partial charge in [-0.2, -0.15) is 0 Å². The molecule has 2 rings (SSSR count). The molecular weight excluding hydrogens is 214 g/mol. The highest BCUT2D eigenvalue weighted by Crippen LogP contribution is 2.28. The van der Waals surface area contributed by atoms with E-state index in [2.05, 4.69) is 11.0 Å². The monoisotopic (exact) mass is 231 g/mol. The van der Waals surface area contributed by atoms with Crippen molar-refractivity contribution in [3.8, 4) is 0 Å². The fourth-order valence-electron chi connectivity index (χ4n) is 2.17. The van der Waals surface area contributed by atoms with Crippen LogP contribution in [-0.2, 0) is 9.53 Å². The summed E-state index contributed by atoms with van der Waals surface area (Å²) in [5.74, 6) is -0.340. The van der Waals surface area contributed by atoms with E-state index in [4.69, 9.17) is 4.74 Å². The van der Waals surface area contributed by atoms with Gasteiger partial charge in [-0.05, 0) is 18.2 Å². The molecule has 0 bridgehead atoms.